The van der Waals surface area contributed by atoms with Gasteiger partial charge in [0.25, 0.3) is 5.91 Å². The molecule has 202 valence electrons. The van der Waals surface area contributed by atoms with Crippen LogP contribution < -0.4 is 26.2 Å². The van der Waals surface area contributed by atoms with Gasteiger partial charge in [-0.2, -0.15) is 0 Å². The highest BCUT2D eigenvalue weighted by Crippen LogP contribution is 2.40. The Morgan fingerprint density at radius 1 is 1.00 bits per heavy atom. The van der Waals surface area contributed by atoms with E-state index in [1.54, 1.807) is 30.3 Å². The minimum atomic E-state index is -0.716. The Hall–Kier alpha value is -4.60. The van der Waals surface area contributed by atoms with Crippen LogP contribution in [0.15, 0.2) is 72.9 Å². The number of benzene rings is 2. The molecule has 0 bridgehead atoms. The number of para-hydroxylation sites is 3. The molecule has 3 heterocycles. The molecule has 10 nitrogen and oxygen atoms in total. The quantitative estimate of drug-likeness (QED) is 0.301. The third-order valence-corrected chi connectivity index (χ3v) is 7.58. The molecule has 3 aromatic rings. The average Bonchev–Trinajstić information content (AvgIpc) is 3.23. The van der Waals surface area contributed by atoms with E-state index in [-0.39, 0.29) is 30.7 Å². The molecule has 2 fully saturated rings. The number of amides is 2. The van der Waals surface area contributed by atoms with Crippen molar-refractivity contribution in [3.63, 3.8) is 0 Å². The van der Waals surface area contributed by atoms with Gasteiger partial charge in [0.15, 0.2) is 5.78 Å². The van der Waals surface area contributed by atoms with Crippen LogP contribution in [0.25, 0.3) is 0 Å². The lowest BCUT2D eigenvalue weighted by Crippen LogP contribution is -2.57. The van der Waals surface area contributed by atoms with E-state index in [0.717, 1.165) is 17.2 Å². The zero-order valence-corrected chi connectivity index (χ0v) is 22.0. The van der Waals surface area contributed by atoms with Crippen molar-refractivity contribution < 1.29 is 14.4 Å². The smallest absolute Gasteiger partial charge is 0.250 e. The van der Waals surface area contributed by atoms with Gasteiger partial charge >= 0.3 is 0 Å². The van der Waals surface area contributed by atoms with Crippen LogP contribution in [0, 0.1) is 0 Å². The normalized spacial score (nSPS) is 16.4. The summed E-state index contributed by atoms with van der Waals surface area (Å²) >= 11 is 0. The number of carbonyl (C=O) groups excluding carboxylic acids is 3. The fourth-order valence-corrected chi connectivity index (χ4v) is 5.35. The minimum Gasteiger partial charge on any atom is -0.397 e. The van der Waals surface area contributed by atoms with E-state index in [4.69, 9.17) is 5.73 Å². The molecule has 2 saturated heterocycles. The van der Waals surface area contributed by atoms with Crippen LogP contribution in [0.4, 0.5) is 22.9 Å². The molecule has 0 radical (unpaired) electrons. The molecule has 2 aromatic carbocycles. The van der Waals surface area contributed by atoms with Crippen molar-refractivity contribution >= 4 is 40.5 Å². The van der Waals surface area contributed by atoms with E-state index in [0.29, 0.717) is 43.9 Å². The molecular formula is C29H33N7O3. The van der Waals surface area contributed by atoms with Gasteiger partial charge in [-0.15, -0.1) is 0 Å². The SMILES string of the molecule is CNC(=O)CN1CN(c2ccccc2)C2(CCN(c3ccc(C(=O)CNc4ccccc4N)cn3)CC2)C1=O. The fraction of sp³-hybridized carbons (Fsp3) is 0.310. The van der Waals surface area contributed by atoms with Crippen LogP contribution in [0.2, 0.25) is 0 Å². The number of Topliss-reactive ketones (excluding diaryl/α,β-unsaturated/α-hetero) is 1. The van der Waals surface area contributed by atoms with Crippen LogP contribution in [0.5, 0.6) is 0 Å². The second-order valence-corrected chi connectivity index (χ2v) is 9.87. The van der Waals surface area contributed by atoms with Gasteiger partial charge < -0.3 is 31.1 Å². The van der Waals surface area contributed by atoms with Crippen LogP contribution in [-0.2, 0) is 9.59 Å². The summed E-state index contributed by atoms with van der Waals surface area (Å²) in [7, 11) is 1.58. The van der Waals surface area contributed by atoms with Crippen molar-refractivity contribution in [2.45, 2.75) is 18.4 Å². The van der Waals surface area contributed by atoms with Crippen molar-refractivity contribution in [1.82, 2.24) is 15.2 Å². The number of hydrogen-bond acceptors (Lipinski definition) is 8. The number of pyridine rings is 1. The number of likely N-dealkylation sites (N-methyl/N-ethyl adjacent to an activating group) is 1. The van der Waals surface area contributed by atoms with E-state index < -0.39 is 5.54 Å². The van der Waals surface area contributed by atoms with Crippen molar-refractivity contribution in [2.24, 2.45) is 0 Å². The fourth-order valence-electron chi connectivity index (χ4n) is 5.35. The van der Waals surface area contributed by atoms with Crippen LogP contribution in [0.1, 0.15) is 23.2 Å². The highest BCUT2D eigenvalue weighted by atomic mass is 16.2. The first-order valence-electron chi connectivity index (χ1n) is 13.1. The molecule has 2 amide bonds. The molecule has 1 spiro atoms. The Labute approximate surface area is 227 Å². The number of aromatic nitrogens is 1. The second-order valence-electron chi connectivity index (χ2n) is 9.87. The number of nitrogen functional groups attached to an aromatic ring is 1. The van der Waals surface area contributed by atoms with Crippen molar-refractivity contribution in [3.8, 4) is 0 Å². The third kappa shape index (κ3) is 5.22. The molecule has 0 aliphatic carbocycles. The number of nitrogens with one attached hydrogen (secondary N) is 2. The largest absolute Gasteiger partial charge is 0.397 e. The van der Waals surface area contributed by atoms with Crippen molar-refractivity contribution in [3.05, 3.63) is 78.5 Å². The molecule has 4 N–H and O–H groups in total. The van der Waals surface area contributed by atoms with Gasteiger partial charge in [0, 0.05) is 37.6 Å². The topological polar surface area (TPSA) is 124 Å². The van der Waals surface area contributed by atoms with Crippen LogP contribution in [0.3, 0.4) is 0 Å². The van der Waals surface area contributed by atoms with E-state index in [1.165, 1.54) is 0 Å². The molecule has 0 unspecified atom stereocenters. The lowest BCUT2D eigenvalue weighted by Gasteiger charge is -2.43. The number of nitrogens with two attached hydrogens (primary N) is 1. The van der Waals surface area contributed by atoms with Gasteiger partial charge in [-0.25, -0.2) is 4.98 Å². The predicted octanol–water partition coefficient (Wildman–Crippen LogP) is 2.35. The Bertz CT molecular complexity index is 1340. The van der Waals surface area contributed by atoms with E-state index >= 15 is 0 Å². The van der Waals surface area contributed by atoms with Gasteiger partial charge in [0.05, 0.1) is 24.6 Å². The van der Waals surface area contributed by atoms with Crippen LogP contribution in [-0.4, -0.2) is 72.9 Å². The van der Waals surface area contributed by atoms with E-state index in [1.807, 2.05) is 54.6 Å². The average molecular weight is 528 g/mol. The molecule has 2 aliphatic heterocycles. The van der Waals surface area contributed by atoms with Gasteiger partial charge in [-0.3, -0.25) is 14.4 Å². The lowest BCUT2D eigenvalue weighted by atomic mass is 9.85. The Kier molecular flexibility index (Phi) is 7.36. The van der Waals surface area contributed by atoms with Crippen LogP contribution >= 0.6 is 0 Å². The maximum absolute atomic E-state index is 13.7. The van der Waals surface area contributed by atoms with Crippen molar-refractivity contribution in [1.29, 1.82) is 0 Å². The number of hydrogen-bond donors (Lipinski definition) is 3. The monoisotopic (exact) mass is 527 g/mol. The zero-order chi connectivity index (χ0) is 27.4. The third-order valence-electron chi connectivity index (χ3n) is 7.58. The second kappa shape index (κ2) is 11.0. The first-order valence-corrected chi connectivity index (χ1v) is 13.1. The molecule has 10 heteroatoms. The zero-order valence-electron chi connectivity index (χ0n) is 22.0. The maximum Gasteiger partial charge on any atom is 0.250 e. The number of rotatable bonds is 8. The molecular weight excluding hydrogens is 494 g/mol. The summed E-state index contributed by atoms with van der Waals surface area (Å²) < 4.78 is 0. The summed E-state index contributed by atoms with van der Waals surface area (Å²) in [6.07, 6.45) is 2.78. The Morgan fingerprint density at radius 3 is 2.38 bits per heavy atom. The number of nitrogens with zero attached hydrogens (tertiary/aromatic N) is 4. The Balaban J connectivity index is 1.26. The van der Waals surface area contributed by atoms with E-state index in [2.05, 4.69) is 25.4 Å². The molecule has 0 saturated carbocycles. The summed E-state index contributed by atoms with van der Waals surface area (Å²) in [6, 6.07) is 20.8. The summed E-state index contributed by atoms with van der Waals surface area (Å²) in [6.45, 7) is 1.77. The van der Waals surface area contributed by atoms with Crippen molar-refractivity contribution in [2.75, 3.05) is 60.7 Å². The van der Waals surface area contributed by atoms with Gasteiger partial charge in [0.1, 0.15) is 17.9 Å². The van der Waals surface area contributed by atoms with E-state index in [9.17, 15) is 14.4 Å². The first-order chi connectivity index (χ1) is 18.9. The summed E-state index contributed by atoms with van der Waals surface area (Å²) in [5, 5.41) is 5.70. The lowest BCUT2D eigenvalue weighted by molar-refractivity contribution is -0.136. The molecule has 2 aliphatic rings. The number of ketones is 1. The highest BCUT2D eigenvalue weighted by Gasteiger charge is 2.54. The Morgan fingerprint density at radius 2 is 1.72 bits per heavy atom. The summed E-state index contributed by atoms with van der Waals surface area (Å²) in [4.78, 5) is 48.9. The highest BCUT2D eigenvalue weighted by molar-refractivity contribution is 5.99. The summed E-state index contributed by atoms with van der Waals surface area (Å²) in [5.41, 5.74) is 8.01. The first kappa shape index (κ1) is 26.0. The maximum atomic E-state index is 13.7. The molecule has 5 rings (SSSR count). The standard InChI is InChI=1S/C29H33N7O3/c1-31-27(38)19-35-20-36(22-7-3-2-4-8-22)29(28(35)39)13-15-34(16-14-29)26-12-11-21(17-33-26)25(37)18-32-24-10-6-5-9-23(24)30/h2-12,17,32H,13-16,18-20,30H2,1H3,(H,31,38). The van der Waals surface area contributed by atoms with Gasteiger partial charge in [-0.1, -0.05) is 30.3 Å². The summed E-state index contributed by atoms with van der Waals surface area (Å²) in [5.74, 6) is 0.476. The van der Waals surface area contributed by atoms with Gasteiger partial charge in [-0.05, 0) is 49.2 Å². The minimum absolute atomic E-state index is 0.0185. The number of anilines is 4. The number of carbonyl (C=O) groups is 3. The molecule has 0 atom stereocenters. The predicted molar refractivity (Wildman–Crippen MR) is 152 cm³/mol. The van der Waals surface area contributed by atoms with Gasteiger partial charge in [0.2, 0.25) is 5.91 Å². The molecule has 1 aromatic heterocycles. The molecule has 39 heavy (non-hydrogen) atoms. The number of piperidine rings is 1.